The Morgan fingerprint density at radius 2 is 1.89 bits per heavy atom. The van der Waals surface area contributed by atoms with E-state index in [4.69, 9.17) is 47.0 Å². The lowest BCUT2D eigenvalue weighted by Crippen LogP contribution is -2.56. The summed E-state index contributed by atoms with van der Waals surface area (Å²) in [5, 5.41) is 19.0. The number of non-ortho nitro benzene ring substituents is 1. The van der Waals surface area contributed by atoms with Gasteiger partial charge in [-0.1, -0.05) is 73.5 Å². The van der Waals surface area contributed by atoms with E-state index in [9.17, 15) is 14.9 Å². The van der Waals surface area contributed by atoms with Gasteiger partial charge in [0.05, 0.1) is 4.92 Å². The van der Waals surface area contributed by atoms with Crippen molar-refractivity contribution in [2.75, 3.05) is 5.32 Å². The first-order chi connectivity index (χ1) is 13.1. The Morgan fingerprint density at radius 3 is 2.50 bits per heavy atom. The summed E-state index contributed by atoms with van der Waals surface area (Å²) in [6, 6.07) is 5.77. The number of thiocarbonyl (C=S) groups is 1. The van der Waals surface area contributed by atoms with Gasteiger partial charge in [0.1, 0.15) is 6.17 Å². The number of rotatable bonds is 10. The Bertz CT molecular complexity index is 686. The van der Waals surface area contributed by atoms with Gasteiger partial charge in [-0.2, -0.15) is 0 Å². The number of nitro benzene ring substituents is 1. The number of amides is 1. The highest BCUT2D eigenvalue weighted by Gasteiger charge is 2.34. The fraction of sp³-hybridized carbons (Fsp3) is 0.529. The van der Waals surface area contributed by atoms with Crippen LogP contribution in [0, 0.1) is 10.1 Å². The third-order valence-corrected chi connectivity index (χ3v) is 4.60. The van der Waals surface area contributed by atoms with Crippen LogP contribution in [0.2, 0.25) is 0 Å². The first-order valence-electron chi connectivity index (χ1n) is 8.81. The van der Waals surface area contributed by atoms with E-state index < -0.39 is 14.9 Å². The molecular weight excluding hydrogens is 447 g/mol. The number of benzene rings is 1. The van der Waals surface area contributed by atoms with Crippen molar-refractivity contribution in [3.8, 4) is 0 Å². The fourth-order valence-electron chi connectivity index (χ4n) is 2.32. The van der Waals surface area contributed by atoms with Gasteiger partial charge in [0, 0.05) is 24.2 Å². The molecule has 7 nitrogen and oxygen atoms in total. The molecule has 0 radical (unpaired) electrons. The largest absolute Gasteiger partial charge is 0.339 e. The Balaban J connectivity index is 2.61. The molecule has 0 heterocycles. The van der Waals surface area contributed by atoms with E-state index in [2.05, 4.69) is 22.9 Å². The SMILES string of the molecule is CCCCCCCC(=O)N[C@H](NC(=S)Nc1cccc([N+](=O)[O-])c1)C(Cl)(Cl)Cl. The fourth-order valence-corrected chi connectivity index (χ4v) is 2.88. The summed E-state index contributed by atoms with van der Waals surface area (Å²) in [7, 11) is 0. The minimum atomic E-state index is -1.85. The van der Waals surface area contributed by atoms with Crippen molar-refractivity contribution < 1.29 is 9.72 Å². The van der Waals surface area contributed by atoms with Crippen LogP contribution in [0.1, 0.15) is 45.4 Å². The summed E-state index contributed by atoms with van der Waals surface area (Å²) in [6.07, 6.45) is 4.28. The highest BCUT2D eigenvalue weighted by molar-refractivity contribution is 7.80. The molecule has 1 atom stereocenters. The third kappa shape index (κ3) is 9.73. The van der Waals surface area contributed by atoms with Gasteiger partial charge in [-0.25, -0.2) is 0 Å². The maximum Gasteiger partial charge on any atom is 0.271 e. The highest BCUT2D eigenvalue weighted by Crippen LogP contribution is 2.29. The molecule has 1 rings (SSSR count). The molecule has 0 aliphatic heterocycles. The Labute approximate surface area is 184 Å². The molecule has 1 amide bonds. The molecule has 0 bridgehead atoms. The Morgan fingerprint density at radius 1 is 1.21 bits per heavy atom. The van der Waals surface area contributed by atoms with Crippen molar-refractivity contribution in [1.82, 2.24) is 10.6 Å². The van der Waals surface area contributed by atoms with Crippen LogP contribution in [0.3, 0.4) is 0 Å². The number of unbranched alkanes of at least 4 members (excludes halogenated alkanes) is 4. The molecule has 0 unspecified atom stereocenters. The zero-order valence-corrected chi connectivity index (χ0v) is 18.4. The molecule has 0 aromatic heterocycles. The van der Waals surface area contributed by atoms with Gasteiger partial charge < -0.3 is 16.0 Å². The molecule has 1 aromatic rings. The number of hydrogen-bond donors (Lipinski definition) is 3. The van der Waals surface area contributed by atoms with Crippen LogP contribution >= 0.6 is 47.0 Å². The van der Waals surface area contributed by atoms with Crippen LogP contribution in [0.4, 0.5) is 11.4 Å². The second kappa shape index (κ2) is 12.3. The minimum absolute atomic E-state index is 0.0417. The van der Waals surface area contributed by atoms with Gasteiger partial charge in [0.2, 0.25) is 9.70 Å². The molecule has 156 valence electrons. The van der Waals surface area contributed by atoms with E-state index in [0.29, 0.717) is 12.1 Å². The molecule has 0 aliphatic rings. The van der Waals surface area contributed by atoms with E-state index in [1.165, 1.54) is 18.2 Å². The lowest BCUT2D eigenvalue weighted by molar-refractivity contribution is -0.384. The van der Waals surface area contributed by atoms with Gasteiger partial charge in [-0.05, 0) is 24.7 Å². The van der Waals surface area contributed by atoms with Crippen molar-refractivity contribution in [2.24, 2.45) is 0 Å². The molecule has 0 fully saturated rings. The van der Waals surface area contributed by atoms with Crippen LogP contribution < -0.4 is 16.0 Å². The normalized spacial score (nSPS) is 12.1. The van der Waals surface area contributed by atoms with Crippen molar-refractivity contribution in [3.63, 3.8) is 0 Å². The summed E-state index contributed by atoms with van der Waals surface area (Å²) in [6.45, 7) is 2.12. The maximum absolute atomic E-state index is 12.1. The van der Waals surface area contributed by atoms with E-state index in [0.717, 1.165) is 32.1 Å². The van der Waals surface area contributed by atoms with Gasteiger partial charge in [-0.15, -0.1) is 0 Å². The second-order valence-corrected chi connectivity index (χ2v) is 8.89. The topological polar surface area (TPSA) is 96.3 Å². The highest BCUT2D eigenvalue weighted by atomic mass is 35.6. The van der Waals surface area contributed by atoms with Crippen LogP contribution in [-0.2, 0) is 4.79 Å². The van der Waals surface area contributed by atoms with Crippen molar-refractivity contribution in [1.29, 1.82) is 0 Å². The number of nitro groups is 1. The van der Waals surface area contributed by atoms with Crippen LogP contribution in [-0.4, -0.2) is 25.9 Å². The molecule has 28 heavy (non-hydrogen) atoms. The summed E-state index contributed by atoms with van der Waals surface area (Å²) in [5.74, 6) is -0.265. The number of nitrogens with zero attached hydrogens (tertiary/aromatic N) is 1. The van der Waals surface area contributed by atoms with Crippen molar-refractivity contribution in [2.45, 2.75) is 55.4 Å². The molecule has 1 aromatic carbocycles. The summed E-state index contributed by atoms with van der Waals surface area (Å²) >= 11 is 23.0. The van der Waals surface area contributed by atoms with E-state index in [-0.39, 0.29) is 16.7 Å². The summed E-state index contributed by atoms with van der Waals surface area (Å²) in [5.41, 5.74) is 0.291. The third-order valence-electron chi connectivity index (χ3n) is 3.73. The van der Waals surface area contributed by atoms with Gasteiger partial charge in [0.15, 0.2) is 5.11 Å². The van der Waals surface area contributed by atoms with Crippen LogP contribution in [0.5, 0.6) is 0 Å². The monoisotopic (exact) mass is 468 g/mol. The van der Waals surface area contributed by atoms with Gasteiger partial charge in [0.25, 0.3) is 5.69 Å². The zero-order valence-electron chi connectivity index (χ0n) is 15.3. The molecule has 0 saturated carbocycles. The standard InChI is InChI=1S/C17H23Cl3N4O3S/c1-2-3-4-5-6-10-14(25)22-15(17(18,19)20)23-16(28)21-12-8-7-9-13(11-12)24(26)27/h7-9,11,15H,2-6,10H2,1H3,(H,22,25)(H2,21,23,28)/t15-/m1/s1. The Kier molecular flexibility index (Phi) is 10.8. The second-order valence-electron chi connectivity index (χ2n) is 6.11. The summed E-state index contributed by atoms with van der Waals surface area (Å²) < 4.78 is -1.85. The predicted octanol–water partition coefficient (Wildman–Crippen LogP) is 5.05. The molecule has 3 N–H and O–H groups in total. The maximum atomic E-state index is 12.1. The van der Waals surface area contributed by atoms with Crippen LogP contribution in [0.25, 0.3) is 0 Å². The predicted molar refractivity (Wildman–Crippen MR) is 118 cm³/mol. The number of halogens is 3. The number of carbonyl (C=O) groups excluding carboxylic acids is 1. The molecular formula is C17H23Cl3N4O3S. The van der Waals surface area contributed by atoms with Crippen LogP contribution in [0.15, 0.2) is 24.3 Å². The lowest BCUT2D eigenvalue weighted by atomic mass is 10.1. The molecule has 0 aliphatic carbocycles. The number of anilines is 1. The molecule has 0 saturated heterocycles. The zero-order chi connectivity index (χ0) is 21.2. The van der Waals surface area contributed by atoms with Gasteiger partial charge >= 0.3 is 0 Å². The molecule has 11 heteroatoms. The molecule has 0 spiro atoms. The quantitative estimate of drug-likeness (QED) is 0.111. The number of alkyl halides is 3. The Hall–Kier alpha value is -1.35. The first kappa shape index (κ1) is 24.7. The van der Waals surface area contributed by atoms with E-state index in [1.54, 1.807) is 6.07 Å². The minimum Gasteiger partial charge on any atom is -0.339 e. The first-order valence-corrected chi connectivity index (χ1v) is 10.4. The summed E-state index contributed by atoms with van der Waals surface area (Å²) in [4.78, 5) is 22.4. The average Bonchev–Trinajstić information content (AvgIpc) is 2.60. The van der Waals surface area contributed by atoms with E-state index >= 15 is 0 Å². The van der Waals surface area contributed by atoms with Crippen molar-refractivity contribution >= 4 is 69.4 Å². The van der Waals surface area contributed by atoms with Crippen molar-refractivity contribution in [3.05, 3.63) is 34.4 Å². The number of carbonyl (C=O) groups is 1. The smallest absolute Gasteiger partial charge is 0.271 e. The van der Waals surface area contributed by atoms with Gasteiger partial charge in [-0.3, -0.25) is 14.9 Å². The average molecular weight is 470 g/mol. The number of nitrogens with one attached hydrogen (secondary N) is 3. The number of hydrogen-bond acceptors (Lipinski definition) is 4. The van der Waals surface area contributed by atoms with E-state index in [1.807, 2.05) is 0 Å². The lowest BCUT2D eigenvalue weighted by Gasteiger charge is -2.27.